The second-order valence-electron chi connectivity index (χ2n) is 6.40. The van der Waals surface area contributed by atoms with Gasteiger partial charge in [0.25, 0.3) is 0 Å². The van der Waals surface area contributed by atoms with Gasteiger partial charge >= 0.3 is 0 Å². The topological polar surface area (TPSA) is 15.3 Å². The molecule has 1 heterocycles. The minimum Gasteiger partial charge on any atom is -0.316 e. The first-order chi connectivity index (χ1) is 9.63. The largest absolute Gasteiger partial charge is 0.316 e. The summed E-state index contributed by atoms with van der Waals surface area (Å²) < 4.78 is 13.2. The van der Waals surface area contributed by atoms with Crippen molar-refractivity contribution in [2.45, 2.75) is 33.2 Å². The lowest BCUT2D eigenvalue weighted by Crippen LogP contribution is -2.37. The molecule has 2 nitrogen and oxygen atoms in total. The van der Waals surface area contributed by atoms with Gasteiger partial charge in [0.05, 0.1) is 0 Å². The van der Waals surface area contributed by atoms with Crippen LogP contribution in [0.3, 0.4) is 0 Å². The van der Waals surface area contributed by atoms with Crippen molar-refractivity contribution in [3.05, 3.63) is 35.6 Å². The number of rotatable bonds is 6. The highest BCUT2D eigenvalue weighted by Gasteiger charge is 2.19. The summed E-state index contributed by atoms with van der Waals surface area (Å²) in [5.41, 5.74) is 1.08. The molecule has 1 fully saturated rings. The highest BCUT2D eigenvalue weighted by molar-refractivity contribution is 5.16. The fraction of sp³-hybridized carbons (Fsp3) is 0.647. The minimum atomic E-state index is -0.129. The molecule has 0 aromatic heterocycles. The number of halogens is 1. The molecule has 1 saturated heterocycles. The first-order valence-electron chi connectivity index (χ1n) is 7.81. The van der Waals surface area contributed by atoms with Crippen molar-refractivity contribution >= 4 is 0 Å². The number of piperidine rings is 1. The molecular weight excluding hydrogens is 251 g/mol. The Morgan fingerprint density at radius 3 is 2.70 bits per heavy atom. The SMILES string of the molecule is CC(C)CNCC1CCN(Cc2cccc(F)c2)CC1. The average molecular weight is 278 g/mol. The quantitative estimate of drug-likeness (QED) is 0.859. The first-order valence-corrected chi connectivity index (χ1v) is 7.81. The Hall–Kier alpha value is -0.930. The van der Waals surface area contributed by atoms with E-state index in [0.29, 0.717) is 0 Å². The Kier molecular flexibility index (Phi) is 5.99. The molecule has 0 amide bonds. The number of nitrogens with zero attached hydrogens (tertiary/aromatic N) is 1. The van der Waals surface area contributed by atoms with Gasteiger partial charge < -0.3 is 5.32 Å². The van der Waals surface area contributed by atoms with Gasteiger partial charge in [0.15, 0.2) is 0 Å². The molecule has 1 aromatic rings. The summed E-state index contributed by atoms with van der Waals surface area (Å²) in [5.74, 6) is 1.40. The van der Waals surface area contributed by atoms with E-state index in [-0.39, 0.29) is 5.82 Å². The molecule has 0 radical (unpaired) electrons. The third kappa shape index (κ3) is 5.22. The molecule has 3 heteroatoms. The molecule has 1 aromatic carbocycles. The number of hydrogen-bond acceptors (Lipinski definition) is 2. The van der Waals surface area contributed by atoms with Crippen LogP contribution in [0.4, 0.5) is 4.39 Å². The monoisotopic (exact) mass is 278 g/mol. The zero-order chi connectivity index (χ0) is 14.4. The van der Waals surface area contributed by atoms with Gasteiger partial charge in [-0.05, 0) is 68.6 Å². The molecule has 0 spiro atoms. The van der Waals surface area contributed by atoms with Crippen LogP contribution in [0.2, 0.25) is 0 Å². The van der Waals surface area contributed by atoms with E-state index in [1.165, 1.54) is 18.9 Å². The first kappa shape index (κ1) is 15.5. The van der Waals surface area contributed by atoms with Gasteiger partial charge in [-0.1, -0.05) is 26.0 Å². The van der Waals surface area contributed by atoms with E-state index in [0.717, 1.165) is 50.1 Å². The van der Waals surface area contributed by atoms with Crippen LogP contribution < -0.4 is 5.32 Å². The van der Waals surface area contributed by atoms with Gasteiger partial charge in [0.1, 0.15) is 5.82 Å². The summed E-state index contributed by atoms with van der Waals surface area (Å²) in [4.78, 5) is 2.44. The summed E-state index contributed by atoms with van der Waals surface area (Å²) in [7, 11) is 0. The standard InChI is InChI=1S/C17H27FN2/c1-14(2)11-19-12-15-6-8-20(9-7-15)13-16-4-3-5-17(18)10-16/h3-5,10,14-15,19H,6-9,11-13H2,1-2H3. The maximum Gasteiger partial charge on any atom is 0.123 e. The summed E-state index contributed by atoms with van der Waals surface area (Å²) >= 11 is 0. The lowest BCUT2D eigenvalue weighted by molar-refractivity contribution is 0.175. The van der Waals surface area contributed by atoms with Crippen molar-refractivity contribution in [2.75, 3.05) is 26.2 Å². The Morgan fingerprint density at radius 2 is 2.05 bits per heavy atom. The van der Waals surface area contributed by atoms with Gasteiger partial charge in [-0.15, -0.1) is 0 Å². The number of benzene rings is 1. The smallest absolute Gasteiger partial charge is 0.123 e. The molecule has 0 bridgehead atoms. The maximum absolute atomic E-state index is 13.2. The van der Waals surface area contributed by atoms with Crippen molar-refractivity contribution < 1.29 is 4.39 Å². The van der Waals surface area contributed by atoms with E-state index in [1.54, 1.807) is 12.1 Å². The van der Waals surface area contributed by atoms with E-state index in [1.807, 2.05) is 6.07 Å². The molecule has 2 rings (SSSR count). The summed E-state index contributed by atoms with van der Waals surface area (Å²) in [6, 6.07) is 6.97. The minimum absolute atomic E-state index is 0.129. The van der Waals surface area contributed by atoms with E-state index in [4.69, 9.17) is 0 Å². The Morgan fingerprint density at radius 1 is 1.30 bits per heavy atom. The third-order valence-corrected chi connectivity index (χ3v) is 3.99. The lowest BCUT2D eigenvalue weighted by Gasteiger charge is -2.32. The van der Waals surface area contributed by atoms with Crippen molar-refractivity contribution in [3.8, 4) is 0 Å². The number of hydrogen-bond donors (Lipinski definition) is 1. The van der Waals surface area contributed by atoms with E-state index >= 15 is 0 Å². The molecule has 0 atom stereocenters. The highest BCUT2D eigenvalue weighted by Crippen LogP contribution is 2.18. The summed E-state index contributed by atoms with van der Waals surface area (Å²) in [5, 5.41) is 3.56. The Balaban J connectivity index is 1.69. The van der Waals surface area contributed by atoms with Crippen molar-refractivity contribution in [2.24, 2.45) is 11.8 Å². The molecule has 112 valence electrons. The van der Waals surface area contributed by atoms with Crippen LogP contribution >= 0.6 is 0 Å². The van der Waals surface area contributed by atoms with Crippen LogP contribution in [-0.2, 0) is 6.54 Å². The molecular formula is C17H27FN2. The van der Waals surface area contributed by atoms with Crippen LogP contribution in [0, 0.1) is 17.7 Å². The zero-order valence-corrected chi connectivity index (χ0v) is 12.7. The lowest BCUT2D eigenvalue weighted by atomic mass is 9.96. The van der Waals surface area contributed by atoms with Crippen LogP contribution in [-0.4, -0.2) is 31.1 Å². The van der Waals surface area contributed by atoms with Gasteiger partial charge in [0, 0.05) is 6.54 Å². The molecule has 1 aliphatic rings. The van der Waals surface area contributed by atoms with E-state index in [9.17, 15) is 4.39 Å². The molecule has 1 aliphatic heterocycles. The summed E-state index contributed by atoms with van der Waals surface area (Å²) in [6.07, 6.45) is 2.50. The second-order valence-corrected chi connectivity index (χ2v) is 6.40. The number of likely N-dealkylation sites (tertiary alicyclic amines) is 1. The van der Waals surface area contributed by atoms with E-state index < -0.39 is 0 Å². The van der Waals surface area contributed by atoms with Crippen molar-refractivity contribution in [1.29, 1.82) is 0 Å². The molecule has 0 unspecified atom stereocenters. The van der Waals surface area contributed by atoms with Crippen LogP contribution in [0.25, 0.3) is 0 Å². The van der Waals surface area contributed by atoms with Gasteiger partial charge in [0.2, 0.25) is 0 Å². The van der Waals surface area contributed by atoms with E-state index in [2.05, 4.69) is 24.1 Å². The molecule has 1 N–H and O–H groups in total. The van der Waals surface area contributed by atoms with Crippen molar-refractivity contribution in [3.63, 3.8) is 0 Å². The predicted molar refractivity (Wildman–Crippen MR) is 82.1 cm³/mol. The van der Waals surface area contributed by atoms with Crippen LogP contribution in [0.1, 0.15) is 32.3 Å². The van der Waals surface area contributed by atoms with Crippen LogP contribution in [0.15, 0.2) is 24.3 Å². The fourth-order valence-corrected chi connectivity index (χ4v) is 2.82. The second kappa shape index (κ2) is 7.75. The van der Waals surface area contributed by atoms with Gasteiger partial charge in [-0.2, -0.15) is 0 Å². The zero-order valence-electron chi connectivity index (χ0n) is 12.7. The van der Waals surface area contributed by atoms with Gasteiger partial charge in [-0.25, -0.2) is 4.39 Å². The third-order valence-electron chi connectivity index (χ3n) is 3.99. The average Bonchev–Trinajstić information content (AvgIpc) is 2.40. The Bertz CT molecular complexity index is 398. The normalized spacial score (nSPS) is 17.8. The van der Waals surface area contributed by atoms with Crippen LogP contribution in [0.5, 0.6) is 0 Å². The maximum atomic E-state index is 13.2. The van der Waals surface area contributed by atoms with Gasteiger partial charge in [-0.3, -0.25) is 4.90 Å². The fourth-order valence-electron chi connectivity index (χ4n) is 2.82. The number of nitrogens with one attached hydrogen (secondary N) is 1. The molecule has 0 saturated carbocycles. The molecule has 0 aliphatic carbocycles. The summed E-state index contributed by atoms with van der Waals surface area (Å²) in [6.45, 7) is 9.89. The Labute approximate surface area is 122 Å². The predicted octanol–water partition coefficient (Wildman–Crippen LogP) is 3.28. The molecule has 20 heavy (non-hydrogen) atoms. The van der Waals surface area contributed by atoms with Crippen molar-refractivity contribution in [1.82, 2.24) is 10.2 Å². The highest BCUT2D eigenvalue weighted by atomic mass is 19.1.